The number of carbonyl (C=O) groups is 1. The Morgan fingerprint density at radius 3 is 2.44 bits per heavy atom. The highest BCUT2D eigenvalue weighted by molar-refractivity contribution is 6.31. The molecule has 0 saturated carbocycles. The van der Waals surface area contributed by atoms with Gasteiger partial charge in [0.05, 0.1) is 6.20 Å². The molecular weight excluding hydrogens is 336 g/mol. The molecule has 0 aliphatic heterocycles. The molecule has 25 heavy (non-hydrogen) atoms. The van der Waals surface area contributed by atoms with Gasteiger partial charge in [0, 0.05) is 37.1 Å². The zero-order valence-corrected chi connectivity index (χ0v) is 15.6. The van der Waals surface area contributed by atoms with Crippen molar-refractivity contribution in [2.24, 2.45) is 7.05 Å². The molecule has 3 aromatic rings. The van der Waals surface area contributed by atoms with Gasteiger partial charge in [0.1, 0.15) is 11.4 Å². The summed E-state index contributed by atoms with van der Waals surface area (Å²) in [6.07, 6.45) is 1.62. The summed E-state index contributed by atoms with van der Waals surface area (Å²) < 4.78 is 3.78. The predicted molar refractivity (Wildman–Crippen MR) is 99.3 cm³/mol. The van der Waals surface area contributed by atoms with Gasteiger partial charge in [0.25, 0.3) is 5.91 Å². The third-order valence-corrected chi connectivity index (χ3v) is 4.70. The maximum atomic E-state index is 13.0. The van der Waals surface area contributed by atoms with Gasteiger partial charge in [-0.1, -0.05) is 29.8 Å². The molecule has 2 heterocycles. The van der Waals surface area contributed by atoms with Crippen LogP contribution in [0.25, 0.3) is 5.82 Å². The van der Waals surface area contributed by atoms with Crippen LogP contribution in [-0.4, -0.2) is 32.2 Å². The van der Waals surface area contributed by atoms with E-state index in [1.807, 2.05) is 61.9 Å². The van der Waals surface area contributed by atoms with E-state index >= 15 is 0 Å². The van der Waals surface area contributed by atoms with Gasteiger partial charge >= 0.3 is 0 Å². The molecule has 0 aliphatic rings. The van der Waals surface area contributed by atoms with E-state index in [4.69, 9.17) is 11.6 Å². The molecule has 3 rings (SSSR count). The van der Waals surface area contributed by atoms with Gasteiger partial charge in [-0.05, 0) is 37.6 Å². The van der Waals surface area contributed by atoms with Crippen LogP contribution in [0.5, 0.6) is 0 Å². The number of aryl methyl sites for hydroxylation is 3. The first-order chi connectivity index (χ1) is 11.9. The second kappa shape index (κ2) is 6.76. The molecule has 2 aromatic heterocycles. The number of halogens is 1. The average molecular weight is 357 g/mol. The van der Waals surface area contributed by atoms with Crippen LogP contribution >= 0.6 is 11.6 Å². The number of rotatable bonds is 4. The van der Waals surface area contributed by atoms with E-state index in [9.17, 15) is 4.79 Å². The quantitative estimate of drug-likeness (QED) is 0.714. The molecule has 0 bridgehead atoms. The number of amides is 1. The standard InChI is InChI=1S/C19H21ClN4O/c1-13-9-10-14(2)24(13)18-16(11-21-23(18)4)19(25)22(3)12-15-7-5-6-8-17(15)20/h5-11H,12H2,1-4H3. The van der Waals surface area contributed by atoms with Crippen LogP contribution in [0, 0.1) is 13.8 Å². The first-order valence-corrected chi connectivity index (χ1v) is 8.44. The Labute approximate surface area is 152 Å². The van der Waals surface area contributed by atoms with Crippen molar-refractivity contribution in [2.75, 3.05) is 7.05 Å². The highest BCUT2D eigenvalue weighted by Crippen LogP contribution is 2.22. The first kappa shape index (κ1) is 17.3. The van der Waals surface area contributed by atoms with Crippen LogP contribution in [0.15, 0.2) is 42.6 Å². The van der Waals surface area contributed by atoms with Gasteiger partial charge in [-0.2, -0.15) is 5.10 Å². The third-order valence-electron chi connectivity index (χ3n) is 4.33. The smallest absolute Gasteiger partial charge is 0.259 e. The van der Waals surface area contributed by atoms with E-state index < -0.39 is 0 Å². The average Bonchev–Trinajstić information content (AvgIpc) is 3.11. The molecule has 0 fully saturated rings. The highest BCUT2D eigenvalue weighted by Gasteiger charge is 2.22. The number of hydrogen-bond donors (Lipinski definition) is 0. The number of nitrogens with zero attached hydrogens (tertiary/aromatic N) is 4. The number of benzene rings is 1. The largest absolute Gasteiger partial charge is 0.337 e. The van der Waals surface area contributed by atoms with Crippen molar-refractivity contribution in [3.63, 3.8) is 0 Å². The van der Waals surface area contributed by atoms with Crippen LogP contribution in [0.2, 0.25) is 5.02 Å². The number of hydrogen-bond acceptors (Lipinski definition) is 2. The van der Waals surface area contributed by atoms with Crippen LogP contribution in [-0.2, 0) is 13.6 Å². The molecule has 130 valence electrons. The van der Waals surface area contributed by atoms with Gasteiger partial charge in [0.15, 0.2) is 0 Å². The summed E-state index contributed by atoms with van der Waals surface area (Å²) in [7, 11) is 3.62. The fraction of sp³-hybridized carbons (Fsp3) is 0.263. The Bertz CT molecular complexity index is 906. The van der Waals surface area contributed by atoms with Crippen LogP contribution in [0.1, 0.15) is 27.3 Å². The Morgan fingerprint density at radius 2 is 1.80 bits per heavy atom. The summed E-state index contributed by atoms with van der Waals surface area (Å²) in [4.78, 5) is 14.7. The first-order valence-electron chi connectivity index (χ1n) is 8.06. The van der Waals surface area contributed by atoms with Crippen LogP contribution < -0.4 is 0 Å². The molecule has 0 N–H and O–H groups in total. The van der Waals surface area contributed by atoms with Crippen molar-refractivity contribution < 1.29 is 4.79 Å². The number of carbonyl (C=O) groups excluding carboxylic acids is 1. The summed E-state index contributed by atoms with van der Waals surface area (Å²) >= 11 is 6.22. The molecule has 0 saturated heterocycles. The molecule has 1 amide bonds. The summed E-state index contributed by atoms with van der Waals surface area (Å²) in [5.41, 5.74) is 3.60. The molecule has 6 heteroatoms. The second-order valence-corrected chi connectivity index (χ2v) is 6.62. The zero-order chi connectivity index (χ0) is 18.1. The van der Waals surface area contributed by atoms with Gasteiger partial charge in [-0.3, -0.25) is 9.48 Å². The van der Waals surface area contributed by atoms with Crippen molar-refractivity contribution in [1.29, 1.82) is 0 Å². The molecule has 0 radical (unpaired) electrons. The lowest BCUT2D eigenvalue weighted by molar-refractivity contribution is 0.0785. The van der Waals surface area contributed by atoms with E-state index in [0.717, 1.165) is 22.8 Å². The molecule has 0 atom stereocenters. The fourth-order valence-electron chi connectivity index (χ4n) is 3.01. The monoisotopic (exact) mass is 356 g/mol. The van der Waals surface area contributed by atoms with E-state index in [2.05, 4.69) is 5.10 Å². The lowest BCUT2D eigenvalue weighted by Gasteiger charge is -2.19. The highest BCUT2D eigenvalue weighted by atomic mass is 35.5. The Balaban J connectivity index is 1.95. The van der Waals surface area contributed by atoms with Crippen LogP contribution in [0.3, 0.4) is 0 Å². The van der Waals surface area contributed by atoms with Gasteiger partial charge in [-0.15, -0.1) is 0 Å². The maximum absolute atomic E-state index is 13.0. The normalized spacial score (nSPS) is 10.9. The Kier molecular flexibility index (Phi) is 4.68. The van der Waals surface area contributed by atoms with E-state index in [-0.39, 0.29) is 5.91 Å². The number of aromatic nitrogens is 3. The van der Waals surface area contributed by atoms with Crippen molar-refractivity contribution in [2.45, 2.75) is 20.4 Å². The van der Waals surface area contributed by atoms with Crippen molar-refractivity contribution in [3.8, 4) is 5.82 Å². The Morgan fingerprint density at radius 1 is 1.16 bits per heavy atom. The van der Waals surface area contributed by atoms with Gasteiger partial charge in [0.2, 0.25) is 0 Å². The third kappa shape index (κ3) is 3.20. The van der Waals surface area contributed by atoms with E-state index in [1.165, 1.54) is 0 Å². The minimum Gasteiger partial charge on any atom is -0.337 e. The lowest BCUT2D eigenvalue weighted by atomic mass is 10.2. The van der Waals surface area contributed by atoms with Crippen LogP contribution in [0.4, 0.5) is 0 Å². The molecule has 0 spiro atoms. The maximum Gasteiger partial charge on any atom is 0.259 e. The molecule has 0 unspecified atom stereocenters. The summed E-state index contributed by atoms with van der Waals surface area (Å²) in [5.74, 6) is 0.687. The van der Waals surface area contributed by atoms with Gasteiger partial charge < -0.3 is 9.47 Å². The SMILES string of the molecule is Cc1ccc(C)n1-c1c(C(=O)N(C)Cc2ccccc2Cl)cnn1C. The summed E-state index contributed by atoms with van der Waals surface area (Å²) in [5, 5.41) is 4.96. The fourth-order valence-corrected chi connectivity index (χ4v) is 3.20. The molecule has 5 nitrogen and oxygen atoms in total. The Hall–Kier alpha value is -2.53. The zero-order valence-electron chi connectivity index (χ0n) is 14.8. The van der Waals surface area contributed by atoms with E-state index in [1.54, 1.807) is 22.8 Å². The lowest BCUT2D eigenvalue weighted by Crippen LogP contribution is -2.27. The molecule has 1 aromatic carbocycles. The van der Waals surface area contributed by atoms with Gasteiger partial charge in [-0.25, -0.2) is 0 Å². The molecular formula is C19H21ClN4O. The van der Waals surface area contributed by atoms with Crippen molar-refractivity contribution in [1.82, 2.24) is 19.2 Å². The minimum atomic E-state index is -0.0875. The molecule has 0 aliphatic carbocycles. The predicted octanol–water partition coefficient (Wildman–Crippen LogP) is 3.75. The summed E-state index contributed by atoms with van der Waals surface area (Å²) in [6.45, 7) is 4.47. The topological polar surface area (TPSA) is 43.1 Å². The second-order valence-electron chi connectivity index (χ2n) is 6.21. The van der Waals surface area contributed by atoms with E-state index in [0.29, 0.717) is 17.1 Å². The van der Waals surface area contributed by atoms with Crippen molar-refractivity contribution in [3.05, 3.63) is 70.1 Å². The summed E-state index contributed by atoms with van der Waals surface area (Å²) in [6, 6.07) is 11.6. The van der Waals surface area contributed by atoms with Crippen molar-refractivity contribution >= 4 is 17.5 Å². The minimum absolute atomic E-state index is 0.0875.